The van der Waals surface area contributed by atoms with E-state index in [1.165, 1.54) is 9.25 Å². The van der Waals surface area contributed by atoms with Crippen LogP contribution in [0.3, 0.4) is 0 Å². The van der Waals surface area contributed by atoms with Crippen molar-refractivity contribution in [3.05, 3.63) is 50.8 Å². The van der Waals surface area contributed by atoms with Gasteiger partial charge in [0, 0.05) is 12.5 Å². The zero-order chi connectivity index (χ0) is 16.1. The van der Waals surface area contributed by atoms with Crippen molar-refractivity contribution in [2.75, 3.05) is 0 Å². The van der Waals surface area contributed by atoms with Gasteiger partial charge in [0.1, 0.15) is 0 Å². The smallest absolute Gasteiger partial charge is 0.408 e. The van der Waals surface area contributed by atoms with Gasteiger partial charge in [0.2, 0.25) is 5.89 Å². The van der Waals surface area contributed by atoms with E-state index in [4.69, 9.17) is 8.83 Å². The topological polar surface area (TPSA) is 83.2 Å². The van der Waals surface area contributed by atoms with Gasteiger partial charge in [-0.2, -0.15) is 4.68 Å². The summed E-state index contributed by atoms with van der Waals surface area (Å²) in [6.45, 7) is 6.05. The van der Waals surface area contributed by atoms with Crippen molar-refractivity contribution in [2.45, 2.75) is 32.7 Å². The summed E-state index contributed by atoms with van der Waals surface area (Å²) in [5.74, 6) is -0.513. The molecule has 116 valence electrons. The third-order valence-electron chi connectivity index (χ3n) is 3.44. The molecule has 0 aliphatic carbocycles. The number of nitrogens with zero attached hydrogens (tertiary/aromatic N) is 3. The second-order valence-corrected chi connectivity index (χ2v) is 6.31. The highest BCUT2D eigenvalue weighted by molar-refractivity contribution is 5.73. The van der Waals surface area contributed by atoms with Crippen LogP contribution in [0.1, 0.15) is 32.2 Å². The van der Waals surface area contributed by atoms with Gasteiger partial charge in [0.25, 0.3) is 0 Å². The van der Waals surface area contributed by atoms with E-state index >= 15 is 0 Å². The molecule has 0 saturated heterocycles. The van der Waals surface area contributed by atoms with Crippen molar-refractivity contribution in [2.24, 2.45) is 7.05 Å². The van der Waals surface area contributed by atoms with Crippen LogP contribution >= 0.6 is 0 Å². The maximum Gasteiger partial charge on any atom is 0.437 e. The fourth-order valence-electron chi connectivity index (χ4n) is 2.15. The first kappa shape index (κ1) is 14.4. The number of benzene rings is 1. The normalized spacial score (nSPS) is 12.2. The number of hydrogen-bond donors (Lipinski definition) is 0. The van der Waals surface area contributed by atoms with Crippen LogP contribution in [0.15, 0.2) is 36.6 Å². The molecule has 2 heterocycles. The van der Waals surface area contributed by atoms with E-state index in [-0.39, 0.29) is 12.0 Å². The molecule has 0 saturated carbocycles. The quantitative estimate of drug-likeness (QED) is 0.718. The summed E-state index contributed by atoms with van der Waals surface area (Å²) in [5, 5.41) is 4.23. The molecule has 3 aromatic rings. The lowest BCUT2D eigenvalue weighted by Crippen LogP contribution is -2.17. The van der Waals surface area contributed by atoms with E-state index in [0.29, 0.717) is 17.0 Å². The van der Waals surface area contributed by atoms with Crippen LogP contribution in [0.4, 0.5) is 0 Å². The lowest BCUT2D eigenvalue weighted by molar-refractivity contribution is 0.374. The number of aromatic nitrogens is 3. The van der Waals surface area contributed by atoms with Gasteiger partial charge < -0.3 is 8.83 Å². The third kappa shape index (κ3) is 2.38. The summed E-state index contributed by atoms with van der Waals surface area (Å²) < 4.78 is 13.0. The van der Waals surface area contributed by atoms with Gasteiger partial charge in [-0.15, -0.1) is 5.10 Å². The van der Waals surface area contributed by atoms with E-state index in [1.807, 2.05) is 20.8 Å². The molecule has 0 atom stereocenters. The Bertz CT molecular complexity index is 950. The molecule has 3 rings (SSSR count). The Balaban J connectivity index is 2.00. The monoisotopic (exact) mass is 303 g/mol. The Morgan fingerprint density at radius 3 is 2.50 bits per heavy atom. The predicted octanol–water partition coefficient (Wildman–Crippen LogP) is 1.63. The van der Waals surface area contributed by atoms with Crippen LogP contribution in [0.2, 0.25) is 0 Å². The van der Waals surface area contributed by atoms with Crippen LogP contribution in [0, 0.1) is 0 Å². The van der Waals surface area contributed by atoms with Gasteiger partial charge >= 0.3 is 11.5 Å². The third-order valence-corrected chi connectivity index (χ3v) is 3.44. The van der Waals surface area contributed by atoms with Crippen molar-refractivity contribution in [1.82, 2.24) is 14.3 Å². The van der Waals surface area contributed by atoms with Gasteiger partial charge in [-0.1, -0.05) is 26.8 Å². The summed E-state index contributed by atoms with van der Waals surface area (Å²) in [5.41, 5.74) is 1.69. The maximum atomic E-state index is 11.9. The van der Waals surface area contributed by atoms with E-state index in [1.54, 1.807) is 25.2 Å². The Labute approximate surface area is 125 Å². The molecule has 0 aliphatic heterocycles. The second kappa shape index (κ2) is 4.72. The van der Waals surface area contributed by atoms with Crippen LogP contribution in [-0.4, -0.2) is 14.3 Å². The number of oxazole rings is 1. The number of aryl methyl sites for hydroxylation is 1. The first-order chi connectivity index (χ1) is 10.3. The first-order valence-electron chi connectivity index (χ1n) is 6.92. The molecule has 0 amide bonds. The minimum Gasteiger partial charge on any atom is -0.408 e. The Hall–Kier alpha value is -2.57. The summed E-state index contributed by atoms with van der Waals surface area (Å²) in [7, 11) is 1.64. The Morgan fingerprint density at radius 1 is 1.14 bits per heavy atom. The van der Waals surface area contributed by atoms with Crippen LogP contribution in [-0.2, 0) is 19.0 Å². The van der Waals surface area contributed by atoms with E-state index in [9.17, 15) is 9.59 Å². The average molecular weight is 303 g/mol. The largest absolute Gasteiger partial charge is 0.437 e. The lowest BCUT2D eigenvalue weighted by Gasteiger charge is -2.10. The highest BCUT2D eigenvalue weighted by Crippen LogP contribution is 2.19. The SMILES string of the molecule is Cn1c(=O)oc2ccc(Cn3nc(C(C)(C)C)oc3=O)cc21. The molecule has 0 aliphatic rings. The number of rotatable bonds is 2. The van der Waals surface area contributed by atoms with Crippen LogP contribution in [0.5, 0.6) is 0 Å². The molecule has 0 bridgehead atoms. The standard InChI is InChI=1S/C15H17N3O4/c1-15(2,3)12-16-18(14(20)22-12)8-9-5-6-11-10(7-9)17(4)13(19)21-11/h5-7H,8H2,1-4H3. The summed E-state index contributed by atoms with van der Waals surface area (Å²) in [4.78, 5) is 23.4. The molecule has 0 fully saturated rings. The average Bonchev–Trinajstić information content (AvgIpc) is 2.93. The van der Waals surface area contributed by atoms with Gasteiger partial charge in [0.05, 0.1) is 12.1 Å². The summed E-state index contributed by atoms with van der Waals surface area (Å²) >= 11 is 0. The Kier molecular flexibility index (Phi) is 3.09. The van der Waals surface area contributed by atoms with Crippen LogP contribution < -0.4 is 11.5 Å². The second-order valence-electron chi connectivity index (χ2n) is 6.31. The molecule has 1 aromatic carbocycles. The first-order valence-corrected chi connectivity index (χ1v) is 6.92. The van der Waals surface area contributed by atoms with E-state index in [2.05, 4.69) is 5.10 Å². The molecule has 0 unspecified atom stereocenters. The molecule has 2 aromatic heterocycles. The molecular weight excluding hydrogens is 286 g/mol. The highest BCUT2D eigenvalue weighted by Gasteiger charge is 2.22. The molecule has 0 radical (unpaired) electrons. The lowest BCUT2D eigenvalue weighted by atomic mass is 9.97. The van der Waals surface area contributed by atoms with Gasteiger partial charge in [-0.05, 0) is 17.7 Å². The van der Waals surface area contributed by atoms with Crippen molar-refractivity contribution in [1.29, 1.82) is 0 Å². The van der Waals surface area contributed by atoms with Crippen molar-refractivity contribution < 1.29 is 8.83 Å². The number of hydrogen-bond acceptors (Lipinski definition) is 5. The van der Waals surface area contributed by atoms with E-state index in [0.717, 1.165) is 5.56 Å². The van der Waals surface area contributed by atoms with Gasteiger partial charge in [0.15, 0.2) is 5.58 Å². The van der Waals surface area contributed by atoms with Gasteiger partial charge in [-0.25, -0.2) is 9.59 Å². The Morgan fingerprint density at radius 2 is 1.86 bits per heavy atom. The predicted molar refractivity (Wildman–Crippen MR) is 80.0 cm³/mol. The molecule has 7 nitrogen and oxygen atoms in total. The highest BCUT2D eigenvalue weighted by atomic mass is 16.4. The zero-order valence-corrected chi connectivity index (χ0v) is 12.9. The summed E-state index contributed by atoms with van der Waals surface area (Å²) in [6.07, 6.45) is 0. The summed E-state index contributed by atoms with van der Waals surface area (Å²) in [6, 6.07) is 5.31. The van der Waals surface area contributed by atoms with Crippen molar-refractivity contribution >= 4 is 11.1 Å². The minimum atomic E-state index is -0.494. The molecule has 0 spiro atoms. The molecule has 22 heavy (non-hydrogen) atoms. The maximum absolute atomic E-state index is 11.9. The zero-order valence-electron chi connectivity index (χ0n) is 12.9. The molecule has 0 N–H and O–H groups in total. The van der Waals surface area contributed by atoms with Crippen molar-refractivity contribution in [3.63, 3.8) is 0 Å². The van der Waals surface area contributed by atoms with Crippen LogP contribution in [0.25, 0.3) is 11.1 Å². The van der Waals surface area contributed by atoms with Crippen molar-refractivity contribution in [3.8, 4) is 0 Å². The number of fused-ring (bicyclic) bond motifs is 1. The minimum absolute atomic E-state index is 0.272. The molecule has 7 heteroatoms. The molecular formula is C15H17N3O4. The fourth-order valence-corrected chi connectivity index (χ4v) is 2.15. The van der Waals surface area contributed by atoms with Gasteiger partial charge in [-0.3, -0.25) is 4.57 Å². The van der Waals surface area contributed by atoms with E-state index < -0.39 is 11.5 Å². The fraction of sp³-hybridized carbons (Fsp3) is 0.400.